The van der Waals surface area contributed by atoms with Crippen LogP contribution in [-0.4, -0.2) is 6.61 Å². The van der Waals surface area contributed by atoms with Crippen LogP contribution in [0.1, 0.15) is 6.92 Å². The molecular formula is C10H9IOS2. The van der Waals surface area contributed by atoms with Gasteiger partial charge in [0.05, 0.1) is 6.61 Å². The van der Waals surface area contributed by atoms with Crippen molar-refractivity contribution in [3.05, 3.63) is 21.1 Å². The number of fused-ring (bicyclic) bond motifs is 1. The number of halogens is 1. The first kappa shape index (κ1) is 10.6. The van der Waals surface area contributed by atoms with Crippen LogP contribution < -0.4 is 4.74 Å². The van der Waals surface area contributed by atoms with Crippen molar-refractivity contribution in [3.63, 3.8) is 0 Å². The third-order valence-electron chi connectivity index (χ3n) is 1.89. The van der Waals surface area contributed by atoms with E-state index in [4.69, 9.17) is 4.74 Å². The van der Waals surface area contributed by atoms with Gasteiger partial charge in [-0.1, -0.05) is 0 Å². The Balaban J connectivity index is 2.62. The molecule has 2 rings (SSSR count). The largest absolute Gasteiger partial charge is 0.494 e. The molecule has 0 spiro atoms. The van der Waals surface area contributed by atoms with Gasteiger partial charge in [-0.05, 0) is 41.6 Å². The minimum Gasteiger partial charge on any atom is -0.494 e. The highest BCUT2D eigenvalue weighted by molar-refractivity contribution is 14.1. The molecule has 0 fully saturated rings. The van der Waals surface area contributed by atoms with Gasteiger partial charge < -0.3 is 4.74 Å². The third-order valence-corrected chi connectivity index (χ3v) is 4.45. The van der Waals surface area contributed by atoms with Crippen molar-refractivity contribution in [1.29, 1.82) is 0 Å². The van der Waals surface area contributed by atoms with Gasteiger partial charge in [-0.15, -0.1) is 24.0 Å². The summed E-state index contributed by atoms with van der Waals surface area (Å²) < 4.78 is 7.96. The fourth-order valence-corrected chi connectivity index (χ4v) is 4.01. The second-order valence-corrected chi connectivity index (χ2v) is 5.39. The Bertz CT molecular complexity index is 464. The van der Waals surface area contributed by atoms with Gasteiger partial charge in [-0.25, -0.2) is 0 Å². The molecule has 14 heavy (non-hydrogen) atoms. The van der Waals surface area contributed by atoms with E-state index in [-0.39, 0.29) is 0 Å². The van der Waals surface area contributed by atoms with Gasteiger partial charge in [-0.3, -0.25) is 0 Å². The molecule has 1 aromatic carbocycles. The Morgan fingerprint density at radius 2 is 2.29 bits per heavy atom. The van der Waals surface area contributed by atoms with E-state index in [9.17, 15) is 0 Å². The van der Waals surface area contributed by atoms with Crippen LogP contribution in [0.3, 0.4) is 0 Å². The molecule has 0 radical (unpaired) electrons. The lowest BCUT2D eigenvalue weighted by Gasteiger charge is -2.04. The van der Waals surface area contributed by atoms with Gasteiger partial charge in [0.15, 0.2) is 0 Å². The minimum atomic E-state index is 0.696. The first-order chi connectivity index (χ1) is 6.72. The second-order valence-electron chi connectivity index (χ2n) is 2.83. The maximum atomic E-state index is 5.46. The monoisotopic (exact) mass is 336 g/mol. The normalized spacial score (nSPS) is 10.8. The Morgan fingerprint density at radius 3 is 3.00 bits per heavy atom. The summed E-state index contributed by atoms with van der Waals surface area (Å²) in [5, 5.41) is 3.38. The van der Waals surface area contributed by atoms with E-state index in [2.05, 4.69) is 46.7 Å². The standard InChI is InChI=1S/C10H9IOS2/c1-2-12-6-3-8(13)10-7(11)5-14-9(10)4-6/h3-5,13H,2H2,1H3. The fraction of sp³-hybridized carbons (Fsp3) is 0.200. The highest BCUT2D eigenvalue weighted by atomic mass is 127. The van der Waals surface area contributed by atoms with Crippen molar-refractivity contribution in [2.24, 2.45) is 0 Å². The average molecular weight is 336 g/mol. The molecule has 0 bridgehead atoms. The second kappa shape index (κ2) is 4.28. The van der Waals surface area contributed by atoms with E-state index in [1.54, 1.807) is 11.3 Å². The van der Waals surface area contributed by atoms with E-state index in [1.807, 2.05) is 13.0 Å². The summed E-state index contributed by atoms with van der Waals surface area (Å²) in [5.41, 5.74) is 0. The summed E-state index contributed by atoms with van der Waals surface area (Å²) in [6, 6.07) is 4.05. The molecule has 0 aliphatic carbocycles. The molecule has 1 heterocycles. The molecule has 0 aliphatic rings. The van der Waals surface area contributed by atoms with Gasteiger partial charge in [-0.2, -0.15) is 0 Å². The zero-order valence-electron chi connectivity index (χ0n) is 7.58. The van der Waals surface area contributed by atoms with Crippen molar-refractivity contribution in [2.75, 3.05) is 6.61 Å². The quantitative estimate of drug-likeness (QED) is 0.639. The van der Waals surface area contributed by atoms with Crippen LogP contribution in [0.5, 0.6) is 5.75 Å². The first-order valence-corrected chi connectivity index (χ1v) is 6.65. The fourth-order valence-electron chi connectivity index (χ4n) is 1.33. The van der Waals surface area contributed by atoms with Crippen molar-refractivity contribution in [3.8, 4) is 5.75 Å². The molecule has 0 atom stereocenters. The molecule has 74 valence electrons. The minimum absolute atomic E-state index is 0.696. The summed E-state index contributed by atoms with van der Waals surface area (Å²) >= 11 is 8.53. The van der Waals surface area contributed by atoms with Crippen LogP contribution in [0.25, 0.3) is 10.1 Å². The number of benzene rings is 1. The molecule has 1 aromatic heterocycles. The van der Waals surface area contributed by atoms with Gasteiger partial charge in [0.1, 0.15) is 5.75 Å². The van der Waals surface area contributed by atoms with Crippen molar-refractivity contribution >= 4 is 56.6 Å². The van der Waals surface area contributed by atoms with Crippen LogP contribution in [0.15, 0.2) is 22.4 Å². The number of hydrogen-bond acceptors (Lipinski definition) is 3. The summed E-state index contributed by atoms with van der Waals surface area (Å²) in [6.07, 6.45) is 0. The summed E-state index contributed by atoms with van der Waals surface area (Å²) in [5.74, 6) is 0.906. The number of ether oxygens (including phenoxy) is 1. The van der Waals surface area contributed by atoms with Crippen LogP contribution >= 0.6 is 46.6 Å². The molecular weight excluding hydrogens is 327 g/mol. The molecule has 2 aromatic rings. The topological polar surface area (TPSA) is 9.23 Å². The Hall–Kier alpha value is 0.0600. The van der Waals surface area contributed by atoms with Crippen molar-refractivity contribution in [2.45, 2.75) is 11.8 Å². The average Bonchev–Trinajstić information content (AvgIpc) is 2.48. The predicted octanol–water partition coefficient (Wildman–Crippen LogP) is 4.19. The lowest BCUT2D eigenvalue weighted by atomic mass is 10.2. The molecule has 0 amide bonds. The highest BCUT2D eigenvalue weighted by Crippen LogP contribution is 2.35. The molecule has 0 aliphatic heterocycles. The third kappa shape index (κ3) is 1.87. The highest BCUT2D eigenvalue weighted by Gasteiger charge is 2.07. The number of thiol groups is 1. The zero-order valence-corrected chi connectivity index (χ0v) is 11.4. The zero-order chi connectivity index (χ0) is 10.1. The summed E-state index contributed by atoms with van der Waals surface area (Å²) in [7, 11) is 0. The molecule has 0 saturated heterocycles. The Kier molecular flexibility index (Phi) is 3.23. The van der Waals surface area contributed by atoms with Crippen molar-refractivity contribution < 1.29 is 4.74 Å². The molecule has 4 heteroatoms. The maximum absolute atomic E-state index is 5.46. The molecule has 0 saturated carbocycles. The predicted molar refractivity (Wildman–Crippen MR) is 73.0 cm³/mol. The van der Waals surface area contributed by atoms with E-state index in [0.29, 0.717) is 6.61 Å². The summed E-state index contributed by atoms with van der Waals surface area (Å²) in [6.45, 7) is 2.68. The van der Waals surface area contributed by atoms with Gasteiger partial charge >= 0.3 is 0 Å². The van der Waals surface area contributed by atoms with Crippen LogP contribution in [-0.2, 0) is 0 Å². The lowest BCUT2D eigenvalue weighted by molar-refractivity contribution is 0.340. The SMILES string of the molecule is CCOc1cc(S)c2c(I)csc2c1. The number of thiophene rings is 1. The van der Waals surface area contributed by atoms with Crippen LogP contribution in [0, 0.1) is 3.57 Å². The van der Waals surface area contributed by atoms with E-state index in [1.165, 1.54) is 13.7 Å². The Morgan fingerprint density at radius 1 is 1.50 bits per heavy atom. The number of rotatable bonds is 2. The molecule has 1 nitrogen and oxygen atoms in total. The van der Waals surface area contributed by atoms with E-state index >= 15 is 0 Å². The maximum Gasteiger partial charge on any atom is 0.121 e. The summed E-state index contributed by atoms with van der Waals surface area (Å²) in [4.78, 5) is 0.997. The van der Waals surface area contributed by atoms with Crippen LogP contribution in [0.2, 0.25) is 0 Å². The van der Waals surface area contributed by atoms with E-state index < -0.39 is 0 Å². The number of hydrogen-bond donors (Lipinski definition) is 1. The van der Waals surface area contributed by atoms with Crippen LogP contribution in [0.4, 0.5) is 0 Å². The van der Waals surface area contributed by atoms with Crippen molar-refractivity contribution in [1.82, 2.24) is 0 Å². The lowest BCUT2D eigenvalue weighted by Crippen LogP contribution is -1.90. The first-order valence-electron chi connectivity index (χ1n) is 4.25. The van der Waals surface area contributed by atoms with Gasteiger partial charge in [0.25, 0.3) is 0 Å². The molecule has 0 unspecified atom stereocenters. The van der Waals surface area contributed by atoms with E-state index in [0.717, 1.165) is 10.6 Å². The molecule has 0 N–H and O–H groups in total. The Labute approximate surface area is 106 Å². The smallest absolute Gasteiger partial charge is 0.121 e. The van der Waals surface area contributed by atoms with Gasteiger partial charge in [0, 0.05) is 23.9 Å². The van der Waals surface area contributed by atoms with Gasteiger partial charge in [0.2, 0.25) is 0 Å².